The van der Waals surface area contributed by atoms with Gasteiger partial charge in [-0.2, -0.15) is 4.98 Å². The Morgan fingerprint density at radius 2 is 2.06 bits per heavy atom. The van der Waals surface area contributed by atoms with Gasteiger partial charge >= 0.3 is 0 Å². The molecule has 0 spiro atoms. The van der Waals surface area contributed by atoms with Crippen molar-refractivity contribution in [3.63, 3.8) is 0 Å². The lowest BCUT2D eigenvalue weighted by Gasteiger charge is -2.11. The summed E-state index contributed by atoms with van der Waals surface area (Å²) in [6.45, 7) is 2.03. The van der Waals surface area contributed by atoms with Gasteiger partial charge in [-0.15, -0.1) is 0 Å². The van der Waals surface area contributed by atoms with Crippen molar-refractivity contribution in [2.24, 2.45) is 0 Å². The Morgan fingerprint density at radius 3 is 2.78 bits per heavy atom. The lowest BCUT2D eigenvalue weighted by molar-refractivity contribution is 0.401. The van der Waals surface area contributed by atoms with Crippen LogP contribution in [0.25, 0.3) is 0 Å². The smallest absolute Gasteiger partial charge is 0.238 e. The van der Waals surface area contributed by atoms with Gasteiger partial charge in [0, 0.05) is 10.2 Å². The zero-order valence-electron chi connectivity index (χ0n) is 10.2. The quantitative estimate of drug-likeness (QED) is 0.911. The van der Waals surface area contributed by atoms with Gasteiger partial charge in [0.2, 0.25) is 5.88 Å². The zero-order chi connectivity index (χ0) is 13.1. The number of aryl methyl sites for hydroxylation is 1. The molecule has 0 aliphatic heterocycles. The second-order valence-corrected chi connectivity index (χ2v) is 4.79. The molecule has 3 N–H and O–H groups in total. The highest BCUT2D eigenvalue weighted by molar-refractivity contribution is 9.10. The molecule has 0 unspecified atom stereocenters. The minimum Gasteiger partial charge on any atom is -0.479 e. The van der Waals surface area contributed by atoms with E-state index in [4.69, 9.17) is 10.5 Å². The second kappa shape index (κ2) is 5.27. The Balaban J connectivity index is 2.31. The first-order valence-corrected chi connectivity index (χ1v) is 6.23. The predicted molar refractivity (Wildman–Crippen MR) is 77.4 cm³/mol. The standard InChI is InChI=1S/C13H14BrN3O/c1-8-3-4-9(14)7-11(8)16-12-6-5-10(15)13(17-12)18-2/h3-7H,15H2,1-2H3,(H,16,17). The first-order chi connectivity index (χ1) is 8.60. The number of hydrogen-bond donors (Lipinski definition) is 2. The van der Waals surface area contributed by atoms with Crippen LogP contribution in [0.2, 0.25) is 0 Å². The van der Waals surface area contributed by atoms with Crippen LogP contribution in [-0.2, 0) is 0 Å². The molecule has 1 aromatic heterocycles. The molecule has 1 heterocycles. The number of halogens is 1. The summed E-state index contributed by atoms with van der Waals surface area (Å²) >= 11 is 3.44. The number of rotatable bonds is 3. The maximum atomic E-state index is 5.72. The Labute approximate surface area is 114 Å². The molecule has 94 valence electrons. The summed E-state index contributed by atoms with van der Waals surface area (Å²) in [7, 11) is 1.55. The normalized spacial score (nSPS) is 10.2. The maximum Gasteiger partial charge on any atom is 0.238 e. The van der Waals surface area contributed by atoms with Crippen molar-refractivity contribution < 1.29 is 4.74 Å². The summed E-state index contributed by atoms with van der Waals surface area (Å²) in [5.41, 5.74) is 8.37. The van der Waals surface area contributed by atoms with E-state index < -0.39 is 0 Å². The summed E-state index contributed by atoms with van der Waals surface area (Å²) in [5.74, 6) is 1.12. The van der Waals surface area contributed by atoms with Gasteiger partial charge < -0.3 is 15.8 Å². The third kappa shape index (κ3) is 2.73. The van der Waals surface area contributed by atoms with Gasteiger partial charge in [-0.25, -0.2) is 0 Å². The average molecular weight is 308 g/mol. The maximum absolute atomic E-state index is 5.72. The molecule has 0 atom stereocenters. The van der Waals surface area contributed by atoms with Crippen molar-refractivity contribution in [2.75, 3.05) is 18.2 Å². The van der Waals surface area contributed by atoms with Crippen molar-refractivity contribution in [3.05, 3.63) is 40.4 Å². The highest BCUT2D eigenvalue weighted by Gasteiger charge is 2.05. The van der Waals surface area contributed by atoms with Gasteiger partial charge in [0.1, 0.15) is 5.82 Å². The van der Waals surface area contributed by atoms with Gasteiger partial charge in [-0.3, -0.25) is 0 Å². The molecule has 0 amide bonds. The third-order valence-electron chi connectivity index (χ3n) is 2.55. The molecule has 1 aromatic carbocycles. The van der Waals surface area contributed by atoms with Gasteiger partial charge in [-0.05, 0) is 36.8 Å². The van der Waals surface area contributed by atoms with Crippen LogP contribution in [-0.4, -0.2) is 12.1 Å². The van der Waals surface area contributed by atoms with Crippen LogP contribution in [0.3, 0.4) is 0 Å². The van der Waals surface area contributed by atoms with Crippen LogP contribution in [0.15, 0.2) is 34.8 Å². The first kappa shape index (κ1) is 12.7. The third-order valence-corrected chi connectivity index (χ3v) is 3.04. The minimum atomic E-state index is 0.424. The molecule has 2 aromatic rings. The van der Waals surface area contributed by atoms with E-state index in [-0.39, 0.29) is 0 Å². The van der Waals surface area contributed by atoms with E-state index in [1.807, 2.05) is 31.2 Å². The Bertz CT molecular complexity index is 572. The van der Waals surface area contributed by atoms with Crippen molar-refractivity contribution >= 4 is 33.1 Å². The molecule has 0 aliphatic carbocycles. The number of nitrogens with one attached hydrogen (secondary N) is 1. The van der Waals surface area contributed by atoms with E-state index >= 15 is 0 Å². The number of nitrogen functional groups attached to an aromatic ring is 1. The fraction of sp³-hybridized carbons (Fsp3) is 0.154. The van der Waals surface area contributed by atoms with Gasteiger partial charge in [0.15, 0.2) is 0 Å². The Kier molecular flexibility index (Phi) is 3.72. The second-order valence-electron chi connectivity index (χ2n) is 3.88. The first-order valence-electron chi connectivity index (χ1n) is 5.44. The summed E-state index contributed by atoms with van der Waals surface area (Å²) in [5, 5.41) is 3.24. The number of ether oxygens (including phenoxy) is 1. The zero-order valence-corrected chi connectivity index (χ0v) is 11.8. The number of methoxy groups -OCH3 is 1. The number of hydrogen-bond acceptors (Lipinski definition) is 4. The van der Waals surface area contributed by atoms with Crippen LogP contribution >= 0.6 is 15.9 Å². The lowest BCUT2D eigenvalue weighted by Crippen LogP contribution is -2.00. The molecule has 0 radical (unpaired) electrons. The molecule has 0 bridgehead atoms. The van der Waals surface area contributed by atoms with Gasteiger partial charge in [0.25, 0.3) is 0 Å². The molecular weight excluding hydrogens is 294 g/mol. The number of anilines is 3. The van der Waals surface area contributed by atoms with Crippen molar-refractivity contribution in [1.82, 2.24) is 4.98 Å². The molecular formula is C13H14BrN3O. The van der Waals surface area contributed by atoms with E-state index in [0.29, 0.717) is 17.4 Å². The lowest BCUT2D eigenvalue weighted by atomic mass is 10.2. The Morgan fingerprint density at radius 1 is 1.28 bits per heavy atom. The average Bonchev–Trinajstić information content (AvgIpc) is 2.36. The number of aromatic nitrogens is 1. The molecule has 0 aliphatic rings. The molecule has 0 saturated heterocycles. The summed E-state index contributed by atoms with van der Waals surface area (Å²) in [6, 6.07) is 9.61. The number of benzene rings is 1. The van der Waals surface area contributed by atoms with Crippen LogP contribution in [0.1, 0.15) is 5.56 Å². The van der Waals surface area contributed by atoms with Crippen LogP contribution < -0.4 is 15.8 Å². The molecule has 0 saturated carbocycles. The number of nitrogens with two attached hydrogens (primary N) is 1. The molecule has 18 heavy (non-hydrogen) atoms. The van der Waals surface area contributed by atoms with E-state index in [0.717, 1.165) is 15.7 Å². The van der Waals surface area contributed by atoms with Crippen LogP contribution in [0.5, 0.6) is 5.88 Å². The van der Waals surface area contributed by atoms with Gasteiger partial charge in [-0.1, -0.05) is 22.0 Å². The van der Waals surface area contributed by atoms with Crippen molar-refractivity contribution in [3.8, 4) is 5.88 Å². The highest BCUT2D eigenvalue weighted by Crippen LogP contribution is 2.26. The molecule has 5 heteroatoms. The van der Waals surface area contributed by atoms with Crippen LogP contribution in [0.4, 0.5) is 17.2 Å². The SMILES string of the molecule is COc1nc(Nc2cc(Br)ccc2C)ccc1N. The predicted octanol–water partition coefficient (Wildman–Crippen LogP) is 3.49. The van der Waals surface area contributed by atoms with E-state index in [1.165, 1.54) is 0 Å². The van der Waals surface area contributed by atoms with E-state index in [1.54, 1.807) is 13.2 Å². The minimum absolute atomic E-state index is 0.424. The molecule has 4 nitrogen and oxygen atoms in total. The molecule has 2 rings (SSSR count). The largest absolute Gasteiger partial charge is 0.479 e. The number of nitrogens with zero attached hydrogens (tertiary/aromatic N) is 1. The van der Waals surface area contributed by atoms with Crippen LogP contribution in [0, 0.1) is 6.92 Å². The topological polar surface area (TPSA) is 60.2 Å². The van der Waals surface area contributed by atoms with Crippen molar-refractivity contribution in [2.45, 2.75) is 6.92 Å². The monoisotopic (exact) mass is 307 g/mol. The highest BCUT2D eigenvalue weighted by atomic mass is 79.9. The van der Waals surface area contributed by atoms with Gasteiger partial charge in [0.05, 0.1) is 12.8 Å². The fourth-order valence-corrected chi connectivity index (χ4v) is 1.91. The summed E-state index contributed by atoms with van der Waals surface area (Å²) in [6.07, 6.45) is 0. The number of pyridine rings is 1. The molecule has 0 fully saturated rings. The van der Waals surface area contributed by atoms with E-state index in [9.17, 15) is 0 Å². The van der Waals surface area contributed by atoms with E-state index in [2.05, 4.69) is 26.2 Å². The Hall–Kier alpha value is -1.75. The summed E-state index contributed by atoms with van der Waals surface area (Å²) in [4.78, 5) is 4.28. The fourth-order valence-electron chi connectivity index (χ4n) is 1.55. The summed E-state index contributed by atoms with van der Waals surface area (Å²) < 4.78 is 6.10. The van der Waals surface area contributed by atoms with Crippen molar-refractivity contribution in [1.29, 1.82) is 0 Å².